The van der Waals surface area contributed by atoms with Crippen molar-refractivity contribution >= 4 is 17.2 Å². The quantitative estimate of drug-likeness (QED) is 0.733. The zero-order chi connectivity index (χ0) is 18.6. The average Bonchev–Trinajstić information content (AvgIpc) is 3.21. The molecule has 2 heterocycles. The van der Waals surface area contributed by atoms with Gasteiger partial charge >= 0.3 is 0 Å². The van der Waals surface area contributed by atoms with Crippen molar-refractivity contribution in [3.63, 3.8) is 0 Å². The predicted molar refractivity (Wildman–Crippen MR) is 105 cm³/mol. The SMILES string of the molecule is COc1ccc2c(c1)C[C@H](C(=O)NCc1csc(-c3ccccc3)n1)CO2. The number of carbonyl (C=O) groups excluding carboxylic acids is 1. The van der Waals surface area contributed by atoms with E-state index in [-0.39, 0.29) is 11.8 Å². The molecule has 5 nitrogen and oxygen atoms in total. The van der Waals surface area contributed by atoms with Crippen molar-refractivity contribution in [3.05, 3.63) is 65.2 Å². The van der Waals surface area contributed by atoms with Crippen LogP contribution in [-0.4, -0.2) is 24.6 Å². The first kappa shape index (κ1) is 17.5. The van der Waals surface area contributed by atoms with Crippen LogP contribution in [0.4, 0.5) is 0 Å². The zero-order valence-electron chi connectivity index (χ0n) is 15.0. The van der Waals surface area contributed by atoms with Crippen molar-refractivity contribution in [2.24, 2.45) is 5.92 Å². The van der Waals surface area contributed by atoms with E-state index in [2.05, 4.69) is 10.3 Å². The van der Waals surface area contributed by atoms with E-state index in [0.717, 1.165) is 33.3 Å². The lowest BCUT2D eigenvalue weighted by Gasteiger charge is -2.24. The Hall–Kier alpha value is -2.86. The number of fused-ring (bicyclic) bond motifs is 1. The number of thiazole rings is 1. The van der Waals surface area contributed by atoms with Crippen LogP contribution < -0.4 is 14.8 Å². The highest BCUT2D eigenvalue weighted by molar-refractivity contribution is 7.13. The molecule has 138 valence electrons. The van der Waals surface area contributed by atoms with Gasteiger partial charge in [0.15, 0.2) is 0 Å². The summed E-state index contributed by atoms with van der Waals surface area (Å²) in [6.07, 6.45) is 0.644. The maximum absolute atomic E-state index is 12.6. The summed E-state index contributed by atoms with van der Waals surface area (Å²) in [7, 11) is 1.63. The number of aromatic nitrogens is 1. The number of rotatable bonds is 5. The normalized spacial score (nSPS) is 15.5. The second-order valence-corrected chi connectivity index (χ2v) is 7.27. The van der Waals surface area contributed by atoms with Gasteiger partial charge in [-0.25, -0.2) is 4.98 Å². The van der Waals surface area contributed by atoms with Crippen LogP contribution in [0.1, 0.15) is 11.3 Å². The minimum Gasteiger partial charge on any atom is -0.497 e. The molecule has 2 aromatic carbocycles. The summed E-state index contributed by atoms with van der Waals surface area (Å²) >= 11 is 1.58. The Morgan fingerprint density at radius 3 is 2.96 bits per heavy atom. The summed E-state index contributed by atoms with van der Waals surface area (Å²) in [5.41, 5.74) is 2.96. The van der Waals surface area contributed by atoms with E-state index >= 15 is 0 Å². The van der Waals surface area contributed by atoms with Gasteiger partial charge in [0.2, 0.25) is 5.91 Å². The van der Waals surface area contributed by atoms with E-state index in [1.165, 1.54) is 0 Å². The third-order valence-corrected chi connectivity index (χ3v) is 5.50. The Morgan fingerprint density at radius 2 is 2.15 bits per heavy atom. The topological polar surface area (TPSA) is 60.5 Å². The van der Waals surface area contributed by atoms with Crippen LogP contribution in [0.15, 0.2) is 53.9 Å². The third-order valence-electron chi connectivity index (χ3n) is 4.56. The highest BCUT2D eigenvalue weighted by Crippen LogP contribution is 2.31. The molecular formula is C21H20N2O3S. The minimum atomic E-state index is -0.211. The fourth-order valence-corrected chi connectivity index (χ4v) is 3.92. The molecule has 0 fully saturated rings. The van der Waals surface area contributed by atoms with Crippen LogP contribution in [0.5, 0.6) is 11.5 Å². The average molecular weight is 380 g/mol. The maximum Gasteiger partial charge on any atom is 0.227 e. The summed E-state index contributed by atoms with van der Waals surface area (Å²) in [4.78, 5) is 17.2. The maximum atomic E-state index is 12.6. The molecule has 1 aromatic heterocycles. The van der Waals surface area contributed by atoms with Crippen molar-refractivity contribution in [3.8, 4) is 22.1 Å². The number of ether oxygens (including phenoxy) is 2. The molecule has 0 saturated carbocycles. The monoisotopic (exact) mass is 380 g/mol. The molecule has 6 heteroatoms. The molecule has 1 N–H and O–H groups in total. The Morgan fingerprint density at radius 1 is 1.30 bits per heavy atom. The van der Waals surface area contributed by atoms with Gasteiger partial charge in [-0.1, -0.05) is 30.3 Å². The van der Waals surface area contributed by atoms with Gasteiger partial charge in [-0.15, -0.1) is 11.3 Å². The molecule has 1 atom stereocenters. The van der Waals surface area contributed by atoms with Gasteiger partial charge in [0.05, 0.1) is 25.3 Å². The summed E-state index contributed by atoms with van der Waals surface area (Å²) in [6, 6.07) is 15.7. The van der Waals surface area contributed by atoms with Crippen LogP contribution in [0.3, 0.4) is 0 Å². The molecule has 0 aliphatic carbocycles. The molecule has 0 saturated heterocycles. The standard InChI is InChI=1S/C21H20N2O3S/c1-25-18-7-8-19-15(10-18)9-16(12-26-19)20(24)22-11-17-13-27-21(23-17)14-5-3-2-4-6-14/h2-8,10,13,16H,9,11-12H2,1H3,(H,22,24)/t16-/m0/s1. The highest BCUT2D eigenvalue weighted by Gasteiger charge is 2.26. The molecule has 3 aromatic rings. The highest BCUT2D eigenvalue weighted by atomic mass is 32.1. The van der Waals surface area contributed by atoms with Crippen molar-refractivity contribution in [2.75, 3.05) is 13.7 Å². The van der Waals surface area contributed by atoms with Gasteiger partial charge in [-0.2, -0.15) is 0 Å². The predicted octanol–water partition coefficient (Wildman–Crippen LogP) is 3.69. The van der Waals surface area contributed by atoms with E-state index in [1.54, 1.807) is 18.4 Å². The molecule has 1 amide bonds. The van der Waals surface area contributed by atoms with Crippen LogP contribution in [0, 0.1) is 5.92 Å². The molecule has 0 spiro atoms. The largest absolute Gasteiger partial charge is 0.497 e. The van der Waals surface area contributed by atoms with Gasteiger partial charge in [0.25, 0.3) is 0 Å². The first-order valence-corrected chi connectivity index (χ1v) is 9.68. The summed E-state index contributed by atoms with van der Waals surface area (Å²) in [5.74, 6) is 1.37. The lowest BCUT2D eigenvalue weighted by Crippen LogP contribution is -2.37. The first-order valence-electron chi connectivity index (χ1n) is 8.80. The number of hydrogen-bond acceptors (Lipinski definition) is 5. The van der Waals surface area contributed by atoms with E-state index in [4.69, 9.17) is 9.47 Å². The molecule has 4 rings (SSSR count). The third kappa shape index (κ3) is 3.95. The van der Waals surface area contributed by atoms with Crippen LogP contribution in [-0.2, 0) is 17.8 Å². The van der Waals surface area contributed by atoms with Gasteiger partial charge in [0, 0.05) is 10.9 Å². The molecule has 27 heavy (non-hydrogen) atoms. The summed E-state index contributed by atoms with van der Waals surface area (Å²) in [6.45, 7) is 0.807. The Balaban J connectivity index is 1.37. The molecule has 0 unspecified atom stereocenters. The number of benzene rings is 2. The second kappa shape index (κ2) is 7.80. The summed E-state index contributed by atoms with van der Waals surface area (Å²) in [5, 5.41) is 5.93. The van der Waals surface area contributed by atoms with E-state index in [1.807, 2.05) is 53.9 Å². The fraction of sp³-hybridized carbons (Fsp3) is 0.238. The molecule has 1 aliphatic heterocycles. The van der Waals surface area contributed by atoms with E-state index in [0.29, 0.717) is 19.6 Å². The number of methoxy groups -OCH3 is 1. The van der Waals surface area contributed by atoms with Crippen LogP contribution in [0.2, 0.25) is 0 Å². The molecule has 0 radical (unpaired) electrons. The summed E-state index contributed by atoms with van der Waals surface area (Å²) < 4.78 is 11.0. The number of hydrogen-bond donors (Lipinski definition) is 1. The van der Waals surface area contributed by atoms with Crippen LogP contribution >= 0.6 is 11.3 Å². The lowest BCUT2D eigenvalue weighted by molar-refractivity contribution is -0.126. The molecule has 1 aliphatic rings. The van der Waals surface area contributed by atoms with Crippen LogP contribution in [0.25, 0.3) is 10.6 Å². The van der Waals surface area contributed by atoms with Crippen molar-refractivity contribution in [2.45, 2.75) is 13.0 Å². The number of nitrogens with one attached hydrogen (secondary N) is 1. The smallest absolute Gasteiger partial charge is 0.227 e. The molecule has 0 bridgehead atoms. The van der Waals surface area contributed by atoms with E-state index < -0.39 is 0 Å². The van der Waals surface area contributed by atoms with Crippen molar-refractivity contribution < 1.29 is 14.3 Å². The second-order valence-electron chi connectivity index (χ2n) is 6.41. The van der Waals surface area contributed by atoms with Gasteiger partial charge in [0.1, 0.15) is 23.1 Å². The van der Waals surface area contributed by atoms with Gasteiger partial charge < -0.3 is 14.8 Å². The Bertz CT molecular complexity index is 940. The number of amides is 1. The van der Waals surface area contributed by atoms with Crippen molar-refractivity contribution in [1.82, 2.24) is 10.3 Å². The fourth-order valence-electron chi connectivity index (χ4n) is 3.09. The molecular weight excluding hydrogens is 360 g/mol. The van der Waals surface area contributed by atoms with E-state index in [9.17, 15) is 4.79 Å². The number of carbonyl (C=O) groups is 1. The van der Waals surface area contributed by atoms with Gasteiger partial charge in [-0.05, 0) is 30.2 Å². The van der Waals surface area contributed by atoms with Gasteiger partial charge in [-0.3, -0.25) is 4.79 Å². The lowest BCUT2D eigenvalue weighted by atomic mass is 9.96. The van der Waals surface area contributed by atoms with Crippen molar-refractivity contribution in [1.29, 1.82) is 0 Å². The zero-order valence-corrected chi connectivity index (χ0v) is 15.8. The first-order chi connectivity index (χ1) is 13.2. The Labute approximate surface area is 162 Å². The Kier molecular flexibility index (Phi) is 5.07. The minimum absolute atomic E-state index is 0.0160. The number of nitrogens with zero attached hydrogens (tertiary/aromatic N) is 1.